The molecule has 0 amide bonds. The molecule has 2 aromatic carbocycles. The van der Waals surface area contributed by atoms with Crippen molar-refractivity contribution in [3.8, 4) is 0 Å². The summed E-state index contributed by atoms with van der Waals surface area (Å²) in [5.41, 5.74) is 4.48. The van der Waals surface area contributed by atoms with Crippen LogP contribution in [-0.2, 0) is 6.42 Å². The van der Waals surface area contributed by atoms with Crippen LogP contribution in [0.25, 0.3) is 0 Å². The number of rotatable bonds is 28. The van der Waals surface area contributed by atoms with Crippen molar-refractivity contribution in [1.82, 2.24) is 0 Å². The van der Waals surface area contributed by atoms with Crippen molar-refractivity contribution < 1.29 is 0 Å². The molecule has 0 fully saturated rings. The Bertz CT molecular complexity index is 1000. The van der Waals surface area contributed by atoms with Gasteiger partial charge in [0.05, 0.1) is 17.1 Å². The third kappa shape index (κ3) is 20.5. The Hall–Kier alpha value is -2.48. The third-order valence-electron chi connectivity index (χ3n) is 8.63. The second kappa shape index (κ2) is 28.0. The highest BCUT2D eigenvalue weighted by atomic mass is 14.8. The second-order valence-electron chi connectivity index (χ2n) is 12.7. The Morgan fingerprint density at radius 1 is 0.523 bits per heavy atom. The van der Waals surface area contributed by atoms with Crippen molar-refractivity contribution in [3.05, 3.63) is 72.3 Å². The van der Waals surface area contributed by atoms with Crippen LogP contribution in [0.15, 0.2) is 76.7 Å². The largest absolute Gasteiger partial charge is 0.255 e. The molecule has 0 atom stereocenters. The molecule has 0 saturated heterocycles. The summed E-state index contributed by atoms with van der Waals surface area (Å²) in [5, 5.41) is 0. The van der Waals surface area contributed by atoms with E-state index >= 15 is 0 Å². The van der Waals surface area contributed by atoms with Crippen LogP contribution in [0.5, 0.6) is 0 Å². The molecule has 0 heterocycles. The van der Waals surface area contributed by atoms with E-state index in [1.807, 2.05) is 36.5 Å². The highest BCUT2D eigenvalue weighted by Crippen LogP contribution is 2.22. The maximum absolute atomic E-state index is 5.09. The molecular formula is C42H66N2. The number of benzene rings is 2. The number of aliphatic imine (C=N–C) groups is 2. The fourth-order valence-electron chi connectivity index (χ4n) is 5.82. The summed E-state index contributed by atoms with van der Waals surface area (Å²) in [6.45, 7) is 4.55. The minimum atomic E-state index is 0.970. The smallest absolute Gasteiger partial charge is 0.0665 e. The van der Waals surface area contributed by atoms with Crippen molar-refractivity contribution in [2.75, 3.05) is 0 Å². The van der Waals surface area contributed by atoms with Crippen molar-refractivity contribution in [1.29, 1.82) is 0 Å². The molecule has 244 valence electrons. The van der Waals surface area contributed by atoms with Crippen LogP contribution in [0, 0.1) is 0 Å². The molecule has 0 aromatic heterocycles. The number of unbranched alkanes of at least 4 members (excludes halogenated alkanes) is 19. The molecule has 0 bridgehead atoms. The molecule has 44 heavy (non-hydrogen) atoms. The summed E-state index contributed by atoms with van der Waals surface area (Å²) in [6.07, 6.45) is 39.0. The lowest BCUT2D eigenvalue weighted by Crippen LogP contribution is -2.00. The predicted octanol–water partition coefficient (Wildman–Crippen LogP) is 14.3. The molecule has 0 N–H and O–H groups in total. The monoisotopic (exact) mass is 599 g/mol. The summed E-state index contributed by atoms with van der Waals surface area (Å²) in [4.78, 5) is 9.80. The van der Waals surface area contributed by atoms with Gasteiger partial charge in [-0.3, -0.25) is 9.98 Å². The number of aryl methyl sites for hydroxylation is 1. The van der Waals surface area contributed by atoms with E-state index in [4.69, 9.17) is 9.98 Å². The van der Waals surface area contributed by atoms with Gasteiger partial charge >= 0.3 is 0 Å². The lowest BCUT2D eigenvalue weighted by Gasteiger charge is -2.07. The average Bonchev–Trinajstić information content (AvgIpc) is 3.05. The Morgan fingerprint density at radius 3 is 1.64 bits per heavy atom. The van der Waals surface area contributed by atoms with E-state index in [1.165, 1.54) is 134 Å². The Kier molecular flexibility index (Phi) is 24.0. The number of hydrogen-bond donors (Lipinski definition) is 0. The summed E-state index contributed by atoms with van der Waals surface area (Å²) >= 11 is 0. The van der Waals surface area contributed by atoms with E-state index in [0.29, 0.717) is 0 Å². The van der Waals surface area contributed by atoms with Gasteiger partial charge in [0.1, 0.15) is 0 Å². The molecule has 0 aliphatic heterocycles. The lowest BCUT2D eigenvalue weighted by atomic mass is 10.0. The van der Waals surface area contributed by atoms with Crippen LogP contribution in [0.1, 0.15) is 167 Å². The molecule has 2 nitrogen and oxygen atoms in total. The van der Waals surface area contributed by atoms with Crippen LogP contribution >= 0.6 is 0 Å². The molecule has 2 heteroatoms. The molecule has 0 aliphatic rings. The van der Waals surface area contributed by atoms with Gasteiger partial charge in [-0.15, -0.1) is 0 Å². The number of allylic oxidation sites excluding steroid dienone is 2. The third-order valence-corrected chi connectivity index (χ3v) is 8.63. The molecule has 0 saturated carbocycles. The normalized spacial score (nSPS) is 12.2. The van der Waals surface area contributed by atoms with Gasteiger partial charge in [0.2, 0.25) is 0 Å². The fraction of sp³-hybridized carbons (Fsp3) is 0.619. The average molecular weight is 599 g/mol. The molecule has 2 rings (SSSR count). The summed E-state index contributed by atoms with van der Waals surface area (Å²) in [5.74, 6) is 0. The zero-order valence-corrected chi connectivity index (χ0v) is 28.8. The van der Waals surface area contributed by atoms with Crippen molar-refractivity contribution in [2.24, 2.45) is 9.98 Å². The molecule has 2 aromatic rings. The topological polar surface area (TPSA) is 24.7 Å². The quantitative estimate of drug-likeness (QED) is 0.0529. The Labute approximate surface area is 273 Å². The van der Waals surface area contributed by atoms with E-state index in [2.05, 4.69) is 50.3 Å². The SMILES string of the molecule is CCCCCCCCCCCCCCCCCCCC=CCCc1ccccc1N=C(C=Nc1ccccc1)CCCCC. The van der Waals surface area contributed by atoms with E-state index in [1.54, 1.807) is 0 Å². The first-order chi connectivity index (χ1) is 21.8. The summed E-state index contributed by atoms with van der Waals surface area (Å²) in [7, 11) is 0. The molecule has 0 spiro atoms. The Morgan fingerprint density at radius 2 is 1.02 bits per heavy atom. The van der Waals surface area contributed by atoms with Crippen LogP contribution < -0.4 is 0 Å². The van der Waals surface area contributed by atoms with Gasteiger partial charge in [0.25, 0.3) is 0 Å². The van der Waals surface area contributed by atoms with Crippen molar-refractivity contribution in [3.63, 3.8) is 0 Å². The summed E-state index contributed by atoms with van der Waals surface area (Å²) in [6, 6.07) is 18.8. The van der Waals surface area contributed by atoms with Gasteiger partial charge in [-0.2, -0.15) is 0 Å². The van der Waals surface area contributed by atoms with Crippen molar-refractivity contribution >= 4 is 23.3 Å². The van der Waals surface area contributed by atoms with E-state index in [-0.39, 0.29) is 0 Å². The van der Waals surface area contributed by atoms with Crippen molar-refractivity contribution in [2.45, 2.75) is 168 Å². The highest BCUT2D eigenvalue weighted by Gasteiger charge is 2.03. The van der Waals surface area contributed by atoms with Gasteiger partial charge in [0.15, 0.2) is 0 Å². The van der Waals surface area contributed by atoms with Crippen LogP contribution in [0.3, 0.4) is 0 Å². The maximum Gasteiger partial charge on any atom is 0.0665 e. The first-order valence-electron chi connectivity index (χ1n) is 18.7. The van der Waals surface area contributed by atoms with E-state index in [0.717, 1.165) is 42.8 Å². The maximum atomic E-state index is 5.09. The van der Waals surface area contributed by atoms with Gasteiger partial charge in [0, 0.05) is 6.21 Å². The second-order valence-corrected chi connectivity index (χ2v) is 12.7. The lowest BCUT2D eigenvalue weighted by molar-refractivity contribution is 0.527. The van der Waals surface area contributed by atoms with E-state index < -0.39 is 0 Å². The van der Waals surface area contributed by atoms with Crippen LogP contribution in [0.4, 0.5) is 11.4 Å². The number of nitrogens with zero attached hydrogens (tertiary/aromatic N) is 2. The molecule has 0 unspecified atom stereocenters. The molecular weight excluding hydrogens is 532 g/mol. The first kappa shape index (κ1) is 37.7. The zero-order chi connectivity index (χ0) is 31.2. The highest BCUT2D eigenvalue weighted by molar-refractivity contribution is 6.31. The number of hydrogen-bond acceptors (Lipinski definition) is 2. The van der Waals surface area contributed by atoms with Gasteiger partial charge < -0.3 is 0 Å². The van der Waals surface area contributed by atoms with Crippen LogP contribution in [0.2, 0.25) is 0 Å². The van der Waals surface area contributed by atoms with Gasteiger partial charge in [-0.05, 0) is 62.3 Å². The minimum absolute atomic E-state index is 0.970. The number of para-hydroxylation sites is 2. The minimum Gasteiger partial charge on any atom is -0.255 e. The summed E-state index contributed by atoms with van der Waals surface area (Å²) < 4.78 is 0. The standard InChI is InChI=1S/C42H66N2/c1-3-5-7-8-9-10-11-12-13-14-15-16-17-18-19-20-21-22-23-24-27-32-39-33-30-31-37-42(39)44-41(36-26-6-4-2)38-43-40-34-28-25-29-35-40/h23-25,28-31,33-35,37-38H,3-22,26-27,32,36H2,1-2H3. The van der Waals surface area contributed by atoms with Gasteiger partial charge in [-0.1, -0.05) is 178 Å². The molecule has 0 aliphatic carbocycles. The van der Waals surface area contributed by atoms with E-state index in [9.17, 15) is 0 Å². The zero-order valence-electron chi connectivity index (χ0n) is 28.8. The fourth-order valence-corrected chi connectivity index (χ4v) is 5.82. The van der Waals surface area contributed by atoms with Gasteiger partial charge in [-0.25, -0.2) is 0 Å². The van der Waals surface area contributed by atoms with Crippen LogP contribution in [-0.4, -0.2) is 11.9 Å². The molecule has 0 radical (unpaired) electrons. The Balaban J connectivity index is 1.56. The predicted molar refractivity (Wildman–Crippen MR) is 199 cm³/mol. The first-order valence-corrected chi connectivity index (χ1v) is 18.7.